The fourth-order valence-electron chi connectivity index (χ4n) is 2.33. The van der Waals surface area contributed by atoms with E-state index in [-0.39, 0.29) is 10.7 Å². The predicted octanol–water partition coefficient (Wildman–Crippen LogP) is 5.83. The summed E-state index contributed by atoms with van der Waals surface area (Å²) < 4.78 is 42.1. The number of nitrogen functional groups attached to an aromatic ring is 1. The molecule has 0 atom stereocenters. The van der Waals surface area contributed by atoms with Gasteiger partial charge in [-0.25, -0.2) is 9.97 Å². The zero-order valence-electron chi connectivity index (χ0n) is 14.0. The Morgan fingerprint density at radius 2 is 1.85 bits per heavy atom. The maximum absolute atomic E-state index is 13.0. The normalized spacial score (nSPS) is 11.4. The number of alkyl halides is 3. The van der Waals surface area contributed by atoms with Crippen LogP contribution in [0, 0.1) is 6.92 Å². The van der Waals surface area contributed by atoms with E-state index in [2.05, 4.69) is 14.7 Å². The van der Waals surface area contributed by atoms with Crippen LogP contribution in [0.25, 0.3) is 11.3 Å². The molecule has 27 heavy (non-hydrogen) atoms. The molecule has 0 aliphatic carbocycles. The van der Waals surface area contributed by atoms with E-state index in [1.807, 2.05) is 0 Å². The summed E-state index contributed by atoms with van der Waals surface area (Å²) >= 11 is 7.38. The van der Waals surface area contributed by atoms with E-state index in [1.54, 1.807) is 37.3 Å². The van der Waals surface area contributed by atoms with E-state index in [9.17, 15) is 13.2 Å². The van der Waals surface area contributed by atoms with Gasteiger partial charge in [-0.05, 0) is 48.9 Å². The van der Waals surface area contributed by atoms with Crippen molar-refractivity contribution in [2.75, 3.05) is 10.5 Å². The van der Waals surface area contributed by atoms with E-state index in [0.29, 0.717) is 27.8 Å². The third-order valence-electron chi connectivity index (χ3n) is 3.67. The molecule has 0 saturated heterocycles. The molecule has 0 radical (unpaired) electrons. The fraction of sp³-hybridized carbons (Fsp3) is 0.111. The van der Waals surface area contributed by atoms with Crippen molar-refractivity contribution in [2.45, 2.75) is 18.1 Å². The van der Waals surface area contributed by atoms with Gasteiger partial charge in [-0.3, -0.25) is 0 Å². The number of nitrogens with one attached hydrogen (secondary N) is 1. The molecular formula is C18H14ClF3N4S. The van der Waals surface area contributed by atoms with Gasteiger partial charge in [0.15, 0.2) is 0 Å². The minimum absolute atomic E-state index is 0.259. The Bertz CT molecular complexity index is 979. The summed E-state index contributed by atoms with van der Waals surface area (Å²) in [4.78, 5) is 8.51. The van der Waals surface area contributed by atoms with Gasteiger partial charge in [0.25, 0.3) is 0 Å². The first kappa shape index (κ1) is 19.3. The van der Waals surface area contributed by atoms with Gasteiger partial charge in [-0.15, -0.1) is 0 Å². The van der Waals surface area contributed by atoms with Crippen LogP contribution < -0.4 is 10.5 Å². The number of benzene rings is 1. The van der Waals surface area contributed by atoms with Crippen LogP contribution in [-0.4, -0.2) is 9.97 Å². The number of halogens is 4. The van der Waals surface area contributed by atoms with E-state index in [4.69, 9.17) is 17.3 Å². The third kappa shape index (κ3) is 4.64. The average molecular weight is 411 g/mol. The van der Waals surface area contributed by atoms with E-state index in [1.165, 1.54) is 18.0 Å². The predicted molar refractivity (Wildman–Crippen MR) is 103 cm³/mol. The van der Waals surface area contributed by atoms with Crippen LogP contribution >= 0.6 is 23.5 Å². The molecule has 3 rings (SSSR count). The summed E-state index contributed by atoms with van der Waals surface area (Å²) in [6, 6.07) is 11.9. The highest BCUT2D eigenvalue weighted by Gasteiger charge is 2.31. The Kier molecular flexibility index (Phi) is 5.48. The number of hydrogen-bond acceptors (Lipinski definition) is 5. The number of rotatable bonds is 4. The standard InChI is InChI=1S/C18H14ClF3N4S/c1-10-5-6-11(18(20,21)22)9-12(10)17-13(19)7-8-15(25-17)26-27-16-4-2-3-14(23)24-16/h2-9H,1H3,(H2,23,24)(H,25,26). The number of aryl methyl sites for hydroxylation is 1. The van der Waals surface area contributed by atoms with Gasteiger partial charge in [0.05, 0.1) is 16.3 Å². The van der Waals surface area contributed by atoms with Gasteiger partial charge < -0.3 is 10.5 Å². The summed E-state index contributed by atoms with van der Waals surface area (Å²) in [6.07, 6.45) is -4.44. The maximum Gasteiger partial charge on any atom is 0.416 e. The summed E-state index contributed by atoms with van der Waals surface area (Å²) in [5.74, 6) is 0.812. The minimum Gasteiger partial charge on any atom is -0.384 e. The number of hydrogen-bond donors (Lipinski definition) is 2. The SMILES string of the molecule is Cc1ccc(C(F)(F)F)cc1-c1nc(NSc2cccc(N)n2)ccc1Cl. The lowest BCUT2D eigenvalue weighted by atomic mass is 10.0. The molecule has 0 unspecified atom stereocenters. The smallest absolute Gasteiger partial charge is 0.384 e. The lowest BCUT2D eigenvalue weighted by Crippen LogP contribution is -2.05. The lowest BCUT2D eigenvalue weighted by molar-refractivity contribution is -0.137. The molecule has 3 aromatic rings. The molecule has 0 spiro atoms. The Hall–Kier alpha value is -2.45. The Morgan fingerprint density at radius 1 is 1.07 bits per heavy atom. The molecule has 0 fully saturated rings. The zero-order chi connectivity index (χ0) is 19.6. The lowest BCUT2D eigenvalue weighted by Gasteiger charge is -2.13. The molecule has 3 N–H and O–H groups in total. The monoisotopic (exact) mass is 410 g/mol. The van der Waals surface area contributed by atoms with Crippen LogP contribution in [0.4, 0.5) is 24.8 Å². The maximum atomic E-state index is 13.0. The van der Waals surface area contributed by atoms with E-state index < -0.39 is 11.7 Å². The van der Waals surface area contributed by atoms with Crippen LogP contribution in [0.15, 0.2) is 53.6 Å². The molecule has 0 aliphatic heterocycles. The third-order valence-corrected chi connectivity index (χ3v) is 4.72. The number of nitrogens with zero attached hydrogens (tertiary/aromatic N) is 2. The van der Waals surface area contributed by atoms with Gasteiger partial charge >= 0.3 is 6.18 Å². The number of nitrogens with two attached hydrogens (primary N) is 1. The van der Waals surface area contributed by atoms with Crippen LogP contribution in [0.5, 0.6) is 0 Å². The van der Waals surface area contributed by atoms with Crippen molar-refractivity contribution in [3.8, 4) is 11.3 Å². The summed E-state index contributed by atoms with van der Waals surface area (Å²) in [5.41, 5.74) is 6.12. The molecule has 9 heteroatoms. The van der Waals surface area contributed by atoms with Crippen molar-refractivity contribution in [3.63, 3.8) is 0 Å². The number of anilines is 2. The second-order valence-corrected chi connectivity index (χ2v) is 6.89. The van der Waals surface area contributed by atoms with E-state index >= 15 is 0 Å². The van der Waals surface area contributed by atoms with Crippen LogP contribution in [0.2, 0.25) is 5.02 Å². The summed E-state index contributed by atoms with van der Waals surface area (Å²) in [6.45, 7) is 1.71. The molecule has 0 bridgehead atoms. The second kappa shape index (κ2) is 7.66. The van der Waals surface area contributed by atoms with Crippen LogP contribution in [0.3, 0.4) is 0 Å². The van der Waals surface area contributed by atoms with E-state index in [0.717, 1.165) is 12.1 Å². The van der Waals surface area contributed by atoms with Gasteiger partial charge in [0.1, 0.15) is 16.7 Å². The highest BCUT2D eigenvalue weighted by molar-refractivity contribution is 8.00. The van der Waals surface area contributed by atoms with Gasteiger partial charge in [0.2, 0.25) is 0 Å². The first-order valence-electron chi connectivity index (χ1n) is 7.74. The van der Waals surface area contributed by atoms with Crippen molar-refractivity contribution < 1.29 is 13.2 Å². The Labute approximate surface area is 163 Å². The molecule has 2 heterocycles. The first-order valence-corrected chi connectivity index (χ1v) is 8.93. The molecule has 0 amide bonds. The molecule has 140 valence electrons. The topological polar surface area (TPSA) is 63.8 Å². The fourth-order valence-corrected chi connectivity index (χ4v) is 3.16. The molecule has 0 saturated carbocycles. The first-order chi connectivity index (χ1) is 12.7. The molecule has 0 aliphatic rings. The number of aromatic nitrogens is 2. The molecule has 1 aromatic carbocycles. The average Bonchev–Trinajstić information content (AvgIpc) is 2.61. The summed E-state index contributed by atoms with van der Waals surface area (Å²) in [5, 5.41) is 0.888. The zero-order valence-corrected chi connectivity index (χ0v) is 15.6. The van der Waals surface area contributed by atoms with Gasteiger partial charge in [-0.2, -0.15) is 13.2 Å². The highest BCUT2D eigenvalue weighted by Crippen LogP contribution is 2.36. The Morgan fingerprint density at radius 3 is 2.56 bits per heavy atom. The van der Waals surface area contributed by atoms with Crippen molar-refractivity contribution in [1.82, 2.24) is 9.97 Å². The van der Waals surface area contributed by atoms with Crippen molar-refractivity contribution >= 4 is 35.2 Å². The largest absolute Gasteiger partial charge is 0.416 e. The van der Waals surface area contributed by atoms with Crippen molar-refractivity contribution in [3.05, 3.63) is 64.7 Å². The van der Waals surface area contributed by atoms with Crippen LogP contribution in [-0.2, 0) is 6.18 Å². The minimum atomic E-state index is -4.44. The van der Waals surface area contributed by atoms with Crippen molar-refractivity contribution in [1.29, 1.82) is 0 Å². The Balaban J connectivity index is 1.92. The van der Waals surface area contributed by atoms with Gasteiger partial charge in [-0.1, -0.05) is 23.7 Å². The number of pyridine rings is 2. The van der Waals surface area contributed by atoms with Gasteiger partial charge in [0, 0.05) is 17.5 Å². The van der Waals surface area contributed by atoms with Crippen LogP contribution in [0.1, 0.15) is 11.1 Å². The molecule has 4 nitrogen and oxygen atoms in total. The highest BCUT2D eigenvalue weighted by atomic mass is 35.5. The van der Waals surface area contributed by atoms with Crippen molar-refractivity contribution in [2.24, 2.45) is 0 Å². The second-order valence-electron chi connectivity index (χ2n) is 5.66. The molecular weight excluding hydrogens is 397 g/mol. The summed E-state index contributed by atoms with van der Waals surface area (Å²) in [7, 11) is 0. The quantitative estimate of drug-likeness (QED) is 0.530. The molecule has 2 aromatic heterocycles.